The molecule has 0 bridgehead atoms. The van der Waals surface area contributed by atoms with Crippen molar-refractivity contribution < 1.29 is 14.3 Å². The number of methoxy groups -OCH3 is 1. The SMILES string of the molecule is COC(=O)[C@@H](N)COC(c1ccccc1)(c1ccccc1)c1ccccc1. The third-order valence-corrected chi connectivity index (χ3v) is 4.52. The van der Waals surface area contributed by atoms with Crippen molar-refractivity contribution in [1.82, 2.24) is 0 Å². The van der Waals surface area contributed by atoms with Gasteiger partial charge < -0.3 is 15.2 Å². The lowest BCUT2D eigenvalue weighted by Crippen LogP contribution is -2.42. The van der Waals surface area contributed by atoms with E-state index in [1.165, 1.54) is 7.11 Å². The third kappa shape index (κ3) is 3.92. The number of benzene rings is 3. The topological polar surface area (TPSA) is 61.5 Å². The fourth-order valence-corrected chi connectivity index (χ4v) is 3.20. The van der Waals surface area contributed by atoms with E-state index in [2.05, 4.69) is 0 Å². The van der Waals surface area contributed by atoms with Crippen LogP contribution in [0.4, 0.5) is 0 Å². The number of esters is 1. The summed E-state index contributed by atoms with van der Waals surface area (Å²) >= 11 is 0. The summed E-state index contributed by atoms with van der Waals surface area (Å²) in [4.78, 5) is 11.8. The molecule has 4 nitrogen and oxygen atoms in total. The zero-order valence-electron chi connectivity index (χ0n) is 15.2. The van der Waals surface area contributed by atoms with Gasteiger partial charge >= 0.3 is 5.97 Å². The first-order valence-electron chi connectivity index (χ1n) is 8.82. The van der Waals surface area contributed by atoms with Gasteiger partial charge in [0.1, 0.15) is 11.6 Å². The maximum Gasteiger partial charge on any atom is 0.325 e. The molecule has 0 amide bonds. The third-order valence-electron chi connectivity index (χ3n) is 4.52. The second-order valence-corrected chi connectivity index (χ2v) is 6.22. The molecule has 0 heterocycles. The van der Waals surface area contributed by atoms with Crippen LogP contribution in [0.1, 0.15) is 16.7 Å². The fourth-order valence-electron chi connectivity index (χ4n) is 3.20. The summed E-state index contributed by atoms with van der Waals surface area (Å²) in [6.45, 7) is 0.0192. The lowest BCUT2D eigenvalue weighted by Gasteiger charge is -2.36. The summed E-state index contributed by atoms with van der Waals surface area (Å²) in [5.74, 6) is -0.502. The fraction of sp³-hybridized carbons (Fsp3) is 0.174. The van der Waals surface area contributed by atoms with E-state index in [0.29, 0.717) is 0 Å². The molecule has 0 saturated carbocycles. The van der Waals surface area contributed by atoms with Crippen molar-refractivity contribution in [1.29, 1.82) is 0 Å². The first-order chi connectivity index (χ1) is 13.2. The minimum atomic E-state index is -0.893. The van der Waals surface area contributed by atoms with Crippen LogP contribution >= 0.6 is 0 Å². The summed E-state index contributed by atoms with van der Waals surface area (Å²) in [6.07, 6.45) is 0. The number of hydrogen-bond acceptors (Lipinski definition) is 4. The number of carbonyl (C=O) groups excluding carboxylic acids is 1. The van der Waals surface area contributed by atoms with Crippen molar-refractivity contribution in [3.63, 3.8) is 0 Å². The average molecular weight is 361 g/mol. The van der Waals surface area contributed by atoms with Crippen molar-refractivity contribution in [2.45, 2.75) is 11.6 Å². The molecule has 3 aromatic rings. The Labute approximate surface area is 159 Å². The minimum absolute atomic E-state index is 0.0192. The van der Waals surface area contributed by atoms with E-state index >= 15 is 0 Å². The normalized spacial score (nSPS) is 12.4. The second kappa shape index (κ2) is 8.62. The number of ether oxygens (including phenoxy) is 2. The minimum Gasteiger partial charge on any atom is -0.468 e. The molecule has 0 aliphatic carbocycles. The van der Waals surface area contributed by atoms with Crippen LogP contribution in [0.25, 0.3) is 0 Å². The highest BCUT2D eigenvalue weighted by Gasteiger charge is 2.38. The monoisotopic (exact) mass is 361 g/mol. The lowest BCUT2D eigenvalue weighted by atomic mass is 9.80. The van der Waals surface area contributed by atoms with E-state index < -0.39 is 17.6 Å². The van der Waals surface area contributed by atoms with Gasteiger partial charge in [-0.1, -0.05) is 91.0 Å². The molecule has 0 fully saturated rings. The Morgan fingerprint density at radius 2 is 1.19 bits per heavy atom. The maximum atomic E-state index is 11.8. The number of nitrogens with two attached hydrogens (primary N) is 1. The molecular formula is C23H23NO3. The molecule has 0 aromatic heterocycles. The van der Waals surface area contributed by atoms with Crippen LogP contribution in [0.3, 0.4) is 0 Å². The summed E-state index contributed by atoms with van der Waals surface area (Å²) in [5, 5.41) is 0. The van der Waals surface area contributed by atoms with Crippen LogP contribution < -0.4 is 5.73 Å². The van der Waals surface area contributed by atoms with Crippen LogP contribution in [0.15, 0.2) is 91.0 Å². The quantitative estimate of drug-likeness (QED) is 0.517. The van der Waals surface area contributed by atoms with E-state index in [-0.39, 0.29) is 6.61 Å². The molecule has 1 atom stereocenters. The largest absolute Gasteiger partial charge is 0.468 e. The molecule has 3 aromatic carbocycles. The lowest BCUT2D eigenvalue weighted by molar-refractivity contribution is -0.144. The first kappa shape index (κ1) is 18.8. The van der Waals surface area contributed by atoms with Crippen molar-refractivity contribution in [3.8, 4) is 0 Å². The maximum absolute atomic E-state index is 11.8. The molecule has 2 N–H and O–H groups in total. The van der Waals surface area contributed by atoms with Gasteiger partial charge in [-0.05, 0) is 16.7 Å². The van der Waals surface area contributed by atoms with Gasteiger partial charge in [-0.15, -0.1) is 0 Å². The Kier molecular flexibility index (Phi) is 6.01. The van der Waals surface area contributed by atoms with Crippen molar-refractivity contribution in [3.05, 3.63) is 108 Å². The average Bonchev–Trinajstić information content (AvgIpc) is 2.75. The Bertz CT molecular complexity index is 754. The number of carbonyl (C=O) groups is 1. The van der Waals surface area contributed by atoms with Crippen LogP contribution in [0, 0.1) is 0 Å². The van der Waals surface area contributed by atoms with E-state index in [4.69, 9.17) is 15.2 Å². The molecule has 4 heteroatoms. The molecule has 0 unspecified atom stereocenters. The molecule has 0 saturated heterocycles. The van der Waals surface area contributed by atoms with Gasteiger partial charge in [-0.3, -0.25) is 4.79 Å². The van der Waals surface area contributed by atoms with E-state index in [0.717, 1.165) is 16.7 Å². The van der Waals surface area contributed by atoms with Gasteiger partial charge in [-0.25, -0.2) is 0 Å². The molecule has 0 aliphatic heterocycles. The predicted molar refractivity (Wildman–Crippen MR) is 105 cm³/mol. The van der Waals surface area contributed by atoms with Gasteiger partial charge in [0.15, 0.2) is 0 Å². The van der Waals surface area contributed by atoms with Gasteiger partial charge in [0.25, 0.3) is 0 Å². The van der Waals surface area contributed by atoms with E-state index in [1.807, 2.05) is 91.0 Å². The highest BCUT2D eigenvalue weighted by molar-refractivity contribution is 5.75. The summed E-state index contributed by atoms with van der Waals surface area (Å²) in [6, 6.07) is 29.0. The molecule has 27 heavy (non-hydrogen) atoms. The molecule has 0 aliphatic rings. The number of rotatable bonds is 7. The second-order valence-electron chi connectivity index (χ2n) is 6.22. The van der Waals surface area contributed by atoms with Crippen LogP contribution in [0.2, 0.25) is 0 Å². The Morgan fingerprint density at radius 1 is 0.815 bits per heavy atom. The summed E-state index contributed by atoms with van der Waals surface area (Å²) in [5.41, 5.74) is 7.95. The standard InChI is InChI=1S/C23H23NO3/c1-26-22(25)21(24)17-27-23(18-11-5-2-6-12-18,19-13-7-3-8-14-19)20-15-9-4-10-16-20/h2-16,21H,17,24H2,1H3/t21-/m0/s1. The summed E-state index contributed by atoms with van der Waals surface area (Å²) < 4.78 is 11.2. The molecule has 138 valence electrons. The highest BCUT2D eigenvalue weighted by atomic mass is 16.5. The highest BCUT2D eigenvalue weighted by Crippen LogP contribution is 2.40. The van der Waals surface area contributed by atoms with Crippen molar-refractivity contribution >= 4 is 5.97 Å². The van der Waals surface area contributed by atoms with E-state index in [9.17, 15) is 4.79 Å². The predicted octanol–water partition coefficient (Wildman–Crippen LogP) is 3.50. The van der Waals surface area contributed by atoms with Crippen LogP contribution in [-0.4, -0.2) is 25.7 Å². The van der Waals surface area contributed by atoms with Crippen molar-refractivity contribution in [2.75, 3.05) is 13.7 Å². The Morgan fingerprint density at radius 3 is 1.52 bits per heavy atom. The molecule has 3 rings (SSSR count). The van der Waals surface area contributed by atoms with Gasteiger partial charge in [0, 0.05) is 0 Å². The molecule has 0 radical (unpaired) electrons. The van der Waals surface area contributed by atoms with Gasteiger partial charge in [-0.2, -0.15) is 0 Å². The molecule has 0 spiro atoms. The van der Waals surface area contributed by atoms with Crippen molar-refractivity contribution in [2.24, 2.45) is 5.73 Å². The zero-order valence-corrected chi connectivity index (χ0v) is 15.2. The Balaban J connectivity index is 2.15. The summed E-state index contributed by atoms with van der Waals surface area (Å²) in [7, 11) is 1.32. The Hall–Kier alpha value is -2.95. The van der Waals surface area contributed by atoms with Crippen LogP contribution in [-0.2, 0) is 19.9 Å². The zero-order chi connectivity index (χ0) is 19.1. The van der Waals surface area contributed by atoms with Gasteiger partial charge in [0.05, 0.1) is 13.7 Å². The number of hydrogen-bond donors (Lipinski definition) is 1. The van der Waals surface area contributed by atoms with E-state index in [1.54, 1.807) is 0 Å². The smallest absolute Gasteiger partial charge is 0.325 e. The van der Waals surface area contributed by atoms with Crippen LogP contribution in [0.5, 0.6) is 0 Å². The van der Waals surface area contributed by atoms with Gasteiger partial charge in [0.2, 0.25) is 0 Å². The molecular weight excluding hydrogens is 338 g/mol. The first-order valence-corrected chi connectivity index (χ1v) is 8.82.